The molecule has 1 fully saturated rings. The molecule has 1 unspecified atom stereocenters. The number of amides is 1. The first-order valence-electron chi connectivity index (χ1n) is 6.50. The van der Waals surface area contributed by atoms with Crippen LogP contribution in [0, 0.1) is 21.8 Å². The molecule has 1 heterocycles. The molecule has 0 spiro atoms. The third kappa shape index (κ3) is 4.95. The van der Waals surface area contributed by atoms with Crippen molar-refractivity contribution in [1.29, 1.82) is 0 Å². The number of nitrogens with zero attached hydrogens (tertiary/aromatic N) is 1. The summed E-state index contributed by atoms with van der Waals surface area (Å²) in [6.07, 6.45) is 2.09. The predicted molar refractivity (Wildman–Crippen MR) is 78.2 cm³/mol. The fourth-order valence-corrected chi connectivity index (χ4v) is 2.25. The summed E-state index contributed by atoms with van der Waals surface area (Å²) < 4.78 is 13.2. The minimum Gasteiger partial charge on any atom is -0.352 e. The maximum Gasteiger partial charge on any atom is 0.273 e. The SMILES string of the molecule is Cl.O=C(NCC1CCCNC1)c1cc(F)cc([N+](=O)[O-])c1. The summed E-state index contributed by atoms with van der Waals surface area (Å²) >= 11 is 0. The van der Waals surface area contributed by atoms with Gasteiger partial charge in [0.05, 0.1) is 11.0 Å². The van der Waals surface area contributed by atoms with Crippen molar-refractivity contribution in [2.75, 3.05) is 19.6 Å². The second-order valence-corrected chi connectivity index (χ2v) is 4.88. The molecule has 2 rings (SSSR count). The van der Waals surface area contributed by atoms with Crippen LogP contribution in [-0.2, 0) is 0 Å². The third-order valence-corrected chi connectivity index (χ3v) is 3.31. The molecular weight excluding hydrogens is 301 g/mol. The van der Waals surface area contributed by atoms with Crippen LogP contribution >= 0.6 is 12.4 Å². The number of benzene rings is 1. The van der Waals surface area contributed by atoms with Crippen LogP contribution in [0.2, 0.25) is 0 Å². The molecule has 116 valence electrons. The molecule has 8 heteroatoms. The van der Waals surface area contributed by atoms with E-state index >= 15 is 0 Å². The number of piperidine rings is 1. The molecule has 1 saturated heterocycles. The van der Waals surface area contributed by atoms with Gasteiger partial charge in [-0.05, 0) is 37.9 Å². The quantitative estimate of drug-likeness (QED) is 0.656. The fraction of sp³-hybridized carbons (Fsp3) is 0.462. The molecule has 1 atom stereocenters. The van der Waals surface area contributed by atoms with E-state index in [-0.39, 0.29) is 18.0 Å². The van der Waals surface area contributed by atoms with Crippen molar-refractivity contribution in [2.45, 2.75) is 12.8 Å². The molecule has 1 amide bonds. The number of nitro benzene ring substituents is 1. The predicted octanol–water partition coefficient (Wildman–Crippen LogP) is 1.89. The van der Waals surface area contributed by atoms with E-state index in [0.29, 0.717) is 12.5 Å². The third-order valence-electron chi connectivity index (χ3n) is 3.31. The van der Waals surface area contributed by atoms with Gasteiger partial charge in [0.15, 0.2) is 0 Å². The smallest absolute Gasteiger partial charge is 0.273 e. The van der Waals surface area contributed by atoms with E-state index in [2.05, 4.69) is 10.6 Å². The van der Waals surface area contributed by atoms with E-state index in [1.807, 2.05) is 0 Å². The van der Waals surface area contributed by atoms with Gasteiger partial charge in [0.25, 0.3) is 11.6 Å². The molecule has 1 aliphatic heterocycles. The number of rotatable bonds is 4. The molecule has 1 aromatic rings. The highest BCUT2D eigenvalue weighted by atomic mass is 35.5. The molecule has 6 nitrogen and oxygen atoms in total. The lowest BCUT2D eigenvalue weighted by atomic mass is 9.99. The van der Waals surface area contributed by atoms with Gasteiger partial charge in [-0.15, -0.1) is 12.4 Å². The summed E-state index contributed by atoms with van der Waals surface area (Å²) in [5.74, 6) is -0.932. The number of hydrogen-bond acceptors (Lipinski definition) is 4. The number of carbonyl (C=O) groups excluding carboxylic acids is 1. The number of halogens is 2. The zero-order valence-corrected chi connectivity index (χ0v) is 12.1. The van der Waals surface area contributed by atoms with Gasteiger partial charge in [0.1, 0.15) is 5.82 Å². The van der Waals surface area contributed by atoms with E-state index in [0.717, 1.165) is 44.1 Å². The normalized spacial score (nSPS) is 17.7. The van der Waals surface area contributed by atoms with Crippen molar-refractivity contribution in [3.05, 3.63) is 39.7 Å². The zero-order valence-electron chi connectivity index (χ0n) is 11.3. The maximum atomic E-state index is 13.2. The molecule has 21 heavy (non-hydrogen) atoms. The Balaban J connectivity index is 0.00000220. The Labute approximate surface area is 127 Å². The second-order valence-electron chi connectivity index (χ2n) is 4.88. The topological polar surface area (TPSA) is 84.3 Å². The molecule has 1 aliphatic rings. The van der Waals surface area contributed by atoms with Crippen molar-refractivity contribution in [3.8, 4) is 0 Å². The summed E-state index contributed by atoms with van der Waals surface area (Å²) in [4.78, 5) is 21.8. The highest BCUT2D eigenvalue weighted by Gasteiger charge is 2.17. The Kier molecular flexibility index (Phi) is 6.51. The van der Waals surface area contributed by atoms with E-state index in [4.69, 9.17) is 0 Å². The Morgan fingerprint density at radius 1 is 1.48 bits per heavy atom. The molecule has 0 aromatic heterocycles. The van der Waals surface area contributed by atoms with Crippen molar-refractivity contribution in [1.82, 2.24) is 10.6 Å². The maximum absolute atomic E-state index is 13.2. The van der Waals surface area contributed by atoms with E-state index in [9.17, 15) is 19.3 Å². The molecule has 0 radical (unpaired) electrons. The second kappa shape index (κ2) is 7.90. The van der Waals surface area contributed by atoms with E-state index in [1.165, 1.54) is 0 Å². The van der Waals surface area contributed by atoms with Gasteiger partial charge in [0, 0.05) is 18.2 Å². The van der Waals surface area contributed by atoms with Crippen LogP contribution in [0.5, 0.6) is 0 Å². The molecule has 0 bridgehead atoms. The van der Waals surface area contributed by atoms with Crippen molar-refractivity contribution >= 4 is 24.0 Å². The molecule has 1 aromatic carbocycles. The lowest BCUT2D eigenvalue weighted by Gasteiger charge is -2.22. The molecular formula is C13H17ClFN3O3. The van der Waals surface area contributed by atoms with Crippen molar-refractivity contribution in [3.63, 3.8) is 0 Å². The van der Waals surface area contributed by atoms with Gasteiger partial charge in [-0.1, -0.05) is 0 Å². The molecule has 0 saturated carbocycles. The standard InChI is InChI=1S/C13H16FN3O3.ClH/c14-11-4-10(5-12(6-11)17(19)20)13(18)16-8-9-2-1-3-15-7-9;/h4-6,9,15H,1-3,7-8H2,(H,16,18);1H. The van der Waals surface area contributed by atoms with Crippen LogP contribution in [0.3, 0.4) is 0 Å². The van der Waals surface area contributed by atoms with Crippen LogP contribution in [0.25, 0.3) is 0 Å². The first-order valence-corrected chi connectivity index (χ1v) is 6.50. The van der Waals surface area contributed by atoms with Crippen LogP contribution in [0.4, 0.5) is 10.1 Å². The van der Waals surface area contributed by atoms with Crippen LogP contribution < -0.4 is 10.6 Å². The molecule has 0 aliphatic carbocycles. The Morgan fingerprint density at radius 2 is 2.24 bits per heavy atom. The minimum atomic E-state index is -0.788. The van der Waals surface area contributed by atoms with Crippen LogP contribution in [-0.4, -0.2) is 30.5 Å². The summed E-state index contributed by atoms with van der Waals surface area (Å²) in [7, 11) is 0. The van der Waals surface area contributed by atoms with Gasteiger partial charge in [-0.2, -0.15) is 0 Å². The number of nitrogens with one attached hydrogen (secondary N) is 2. The zero-order chi connectivity index (χ0) is 14.5. The minimum absolute atomic E-state index is 0. The van der Waals surface area contributed by atoms with Gasteiger partial charge in [-0.3, -0.25) is 14.9 Å². The average molecular weight is 318 g/mol. The van der Waals surface area contributed by atoms with E-state index < -0.39 is 22.3 Å². The monoisotopic (exact) mass is 317 g/mol. The summed E-state index contributed by atoms with van der Waals surface area (Å²) in [6.45, 7) is 2.31. The molecule has 2 N–H and O–H groups in total. The van der Waals surface area contributed by atoms with Gasteiger partial charge < -0.3 is 10.6 Å². The summed E-state index contributed by atoms with van der Waals surface area (Å²) in [5.41, 5.74) is -0.449. The van der Waals surface area contributed by atoms with Crippen molar-refractivity contribution in [2.24, 2.45) is 5.92 Å². The van der Waals surface area contributed by atoms with Crippen molar-refractivity contribution < 1.29 is 14.1 Å². The number of carbonyl (C=O) groups is 1. The van der Waals surface area contributed by atoms with Gasteiger partial charge in [-0.25, -0.2) is 4.39 Å². The largest absolute Gasteiger partial charge is 0.352 e. The Morgan fingerprint density at radius 3 is 2.86 bits per heavy atom. The van der Waals surface area contributed by atoms with Gasteiger partial charge >= 0.3 is 0 Å². The Hall–Kier alpha value is -1.73. The van der Waals surface area contributed by atoms with Gasteiger partial charge in [0.2, 0.25) is 0 Å². The number of nitro groups is 1. The summed E-state index contributed by atoms with van der Waals surface area (Å²) in [5, 5.41) is 16.6. The summed E-state index contributed by atoms with van der Waals surface area (Å²) in [6, 6.07) is 2.88. The average Bonchev–Trinajstić information content (AvgIpc) is 2.45. The number of non-ortho nitro benzene ring substituents is 1. The first-order chi connectivity index (χ1) is 9.56. The number of hydrogen-bond donors (Lipinski definition) is 2. The lowest BCUT2D eigenvalue weighted by Crippen LogP contribution is -2.38. The van der Waals surface area contributed by atoms with E-state index in [1.54, 1.807) is 0 Å². The van der Waals surface area contributed by atoms with Crippen LogP contribution in [0.15, 0.2) is 18.2 Å². The Bertz CT molecular complexity index is 521. The lowest BCUT2D eigenvalue weighted by molar-refractivity contribution is -0.385. The van der Waals surface area contributed by atoms with Crippen LogP contribution in [0.1, 0.15) is 23.2 Å². The highest BCUT2D eigenvalue weighted by molar-refractivity contribution is 5.94. The highest BCUT2D eigenvalue weighted by Crippen LogP contribution is 2.16. The first kappa shape index (κ1) is 17.3. The fourth-order valence-electron chi connectivity index (χ4n) is 2.25.